The molecule has 5 nitrogen and oxygen atoms in total. The molecule has 1 heterocycles. The van der Waals surface area contributed by atoms with Crippen molar-refractivity contribution in [3.05, 3.63) is 17.0 Å². The van der Waals surface area contributed by atoms with Gasteiger partial charge in [-0.3, -0.25) is 5.10 Å². The first-order valence-corrected chi connectivity index (χ1v) is 4.64. The Kier molecular flexibility index (Phi) is 4.06. The second kappa shape index (κ2) is 5.09. The van der Waals surface area contributed by atoms with Crippen molar-refractivity contribution in [1.29, 1.82) is 0 Å². The van der Waals surface area contributed by atoms with E-state index in [4.69, 9.17) is 10.2 Å². The first kappa shape index (κ1) is 11.2. The second-order valence-corrected chi connectivity index (χ2v) is 3.36. The summed E-state index contributed by atoms with van der Waals surface area (Å²) in [6, 6.07) is -0.260. The van der Waals surface area contributed by atoms with Crippen molar-refractivity contribution >= 4 is 0 Å². The van der Waals surface area contributed by atoms with Crippen molar-refractivity contribution in [3.63, 3.8) is 0 Å². The first-order valence-electron chi connectivity index (χ1n) is 4.64. The van der Waals surface area contributed by atoms with E-state index in [1.54, 1.807) is 0 Å². The fraction of sp³-hybridized carbons (Fsp3) is 0.667. The standard InChI is InChI=1S/C9H17N3O2/c1-6-9(7(2)12-11-6)3-10-8(4-13)5-14/h8,10,13-14H,3-5H2,1-2H3,(H,11,12). The highest BCUT2D eigenvalue weighted by atomic mass is 16.3. The molecule has 0 fully saturated rings. The van der Waals surface area contributed by atoms with Crippen LogP contribution in [-0.4, -0.2) is 39.7 Å². The molecule has 14 heavy (non-hydrogen) atoms. The van der Waals surface area contributed by atoms with Crippen LogP contribution >= 0.6 is 0 Å². The van der Waals surface area contributed by atoms with Crippen LogP contribution in [0.1, 0.15) is 17.0 Å². The number of rotatable bonds is 5. The molecule has 0 spiro atoms. The zero-order valence-electron chi connectivity index (χ0n) is 8.54. The number of hydrogen-bond donors (Lipinski definition) is 4. The summed E-state index contributed by atoms with van der Waals surface area (Å²) in [5.74, 6) is 0. The lowest BCUT2D eigenvalue weighted by atomic mass is 10.2. The molecular formula is C9H17N3O2. The highest BCUT2D eigenvalue weighted by Gasteiger charge is 2.09. The smallest absolute Gasteiger partial charge is 0.0638 e. The molecule has 4 N–H and O–H groups in total. The third-order valence-corrected chi connectivity index (χ3v) is 2.29. The Hall–Kier alpha value is -0.910. The van der Waals surface area contributed by atoms with Crippen molar-refractivity contribution < 1.29 is 10.2 Å². The summed E-state index contributed by atoms with van der Waals surface area (Å²) in [5, 5.41) is 27.7. The highest BCUT2D eigenvalue weighted by Crippen LogP contribution is 2.08. The van der Waals surface area contributed by atoms with E-state index < -0.39 is 0 Å². The van der Waals surface area contributed by atoms with Crippen LogP contribution in [0.25, 0.3) is 0 Å². The van der Waals surface area contributed by atoms with Gasteiger partial charge < -0.3 is 15.5 Å². The third kappa shape index (κ3) is 2.54. The van der Waals surface area contributed by atoms with Gasteiger partial charge in [-0.15, -0.1) is 0 Å². The number of aromatic nitrogens is 2. The highest BCUT2D eigenvalue weighted by molar-refractivity contribution is 5.22. The van der Waals surface area contributed by atoms with Gasteiger partial charge in [0.15, 0.2) is 0 Å². The van der Waals surface area contributed by atoms with Crippen molar-refractivity contribution in [2.24, 2.45) is 0 Å². The van der Waals surface area contributed by atoms with E-state index in [0.717, 1.165) is 17.0 Å². The number of H-pyrrole nitrogens is 1. The monoisotopic (exact) mass is 199 g/mol. The lowest BCUT2D eigenvalue weighted by Gasteiger charge is -2.12. The van der Waals surface area contributed by atoms with Crippen molar-refractivity contribution in [1.82, 2.24) is 15.5 Å². The fourth-order valence-corrected chi connectivity index (χ4v) is 1.27. The molecule has 0 aliphatic rings. The van der Waals surface area contributed by atoms with E-state index in [2.05, 4.69) is 15.5 Å². The normalized spacial score (nSPS) is 11.2. The number of nitrogens with zero attached hydrogens (tertiary/aromatic N) is 1. The molecule has 1 aromatic rings. The topological polar surface area (TPSA) is 81.2 Å². The summed E-state index contributed by atoms with van der Waals surface area (Å²) in [7, 11) is 0. The average Bonchev–Trinajstić information content (AvgIpc) is 2.50. The maximum absolute atomic E-state index is 8.85. The summed E-state index contributed by atoms with van der Waals surface area (Å²) in [5.41, 5.74) is 3.06. The van der Waals surface area contributed by atoms with Crippen LogP contribution in [0.2, 0.25) is 0 Å². The molecule has 0 saturated heterocycles. The molecule has 0 aliphatic heterocycles. The number of aromatic amines is 1. The Morgan fingerprint density at radius 2 is 2.00 bits per heavy atom. The van der Waals surface area contributed by atoms with E-state index in [1.807, 2.05) is 13.8 Å². The van der Waals surface area contributed by atoms with E-state index in [-0.39, 0.29) is 19.3 Å². The first-order chi connectivity index (χ1) is 6.69. The van der Waals surface area contributed by atoms with E-state index in [9.17, 15) is 0 Å². The molecular weight excluding hydrogens is 182 g/mol. The Morgan fingerprint density at radius 3 is 2.43 bits per heavy atom. The van der Waals surface area contributed by atoms with Crippen LogP contribution in [0.3, 0.4) is 0 Å². The Bertz CT molecular complexity index is 262. The molecule has 80 valence electrons. The van der Waals surface area contributed by atoms with Gasteiger partial charge in [-0.25, -0.2) is 0 Å². The molecule has 0 atom stereocenters. The molecule has 0 aliphatic carbocycles. The molecule has 0 bridgehead atoms. The number of aliphatic hydroxyl groups is 2. The average molecular weight is 199 g/mol. The molecule has 0 saturated carbocycles. The molecule has 0 amide bonds. The van der Waals surface area contributed by atoms with Gasteiger partial charge in [0.1, 0.15) is 0 Å². The minimum atomic E-state index is -0.260. The van der Waals surface area contributed by atoms with Gasteiger partial charge in [0.05, 0.1) is 24.9 Å². The Morgan fingerprint density at radius 1 is 1.36 bits per heavy atom. The Balaban J connectivity index is 2.52. The third-order valence-electron chi connectivity index (χ3n) is 2.29. The number of nitrogens with one attached hydrogen (secondary N) is 2. The number of hydrogen-bond acceptors (Lipinski definition) is 4. The number of aliphatic hydroxyl groups excluding tert-OH is 2. The minimum absolute atomic E-state index is 0.0630. The van der Waals surface area contributed by atoms with Crippen molar-refractivity contribution in [2.45, 2.75) is 26.4 Å². The lowest BCUT2D eigenvalue weighted by molar-refractivity contribution is 0.170. The summed E-state index contributed by atoms with van der Waals surface area (Å²) in [4.78, 5) is 0. The van der Waals surface area contributed by atoms with Gasteiger partial charge in [-0.2, -0.15) is 5.10 Å². The van der Waals surface area contributed by atoms with Gasteiger partial charge >= 0.3 is 0 Å². The molecule has 0 unspecified atom stereocenters. The second-order valence-electron chi connectivity index (χ2n) is 3.36. The fourth-order valence-electron chi connectivity index (χ4n) is 1.27. The zero-order valence-corrected chi connectivity index (χ0v) is 8.54. The summed E-state index contributed by atoms with van der Waals surface area (Å²) < 4.78 is 0. The summed E-state index contributed by atoms with van der Waals surface area (Å²) in [6.45, 7) is 4.36. The van der Waals surface area contributed by atoms with Crippen LogP contribution in [0.15, 0.2) is 0 Å². The number of aryl methyl sites for hydroxylation is 2. The maximum Gasteiger partial charge on any atom is 0.0638 e. The van der Waals surface area contributed by atoms with E-state index in [1.165, 1.54) is 0 Å². The Labute approximate surface area is 83.2 Å². The largest absolute Gasteiger partial charge is 0.395 e. The quantitative estimate of drug-likeness (QED) is 0.514. The van der Waals surface area contributed by atoms with E-state index >= 15 is 0 Å². The van der Waals surface area contributed by atoms with Crippen LogP contribution in [0.4, 0.5) is 0 Å². The lowest BCUT2D eigenvalue weighted by Crippen LogP contribution is -2.35. The molecule has 0 radical (unpaired) electrons. The molecule has 5 heteroatoms. The predicted molar refractivity (Wildman–Crippen MR) is 52.9 cm³/mol. The van der Waals surface area contributed by atoms with Gasteiger partial charge in [0.25, 0.3) is 0 Å². The zero-order chi connectivity index (χ0) is 10.6. The SMILES string of the molecule is Cc1n[nH]c(C)c1CNC(CO)CO. The van der Waals surface area contributed by atoms with Gasteiger partial charge in [-0.1, -0.05) is 0 Å². The van der Waals surface area contributed by atoms with Crippen LogP contribution in [0.5, 0.6) is 0 Å². The van der Waals surface area contributed by atoms with Gasteiger partial charge in [0.2, 0.25) is 0 Å². The summed E-state index contributed by atoms with van der Waals surface area (Å²) in [6.07, 6.45) is 0. The molecule has 0 aromatic carbocycles. The van der Waals surface area contributed by atoms with Crippen LogP contribution < -0.4 is 5.32 Å². The van der Waals surface area contributed by atoms with Crippen LogP contribution in [-0.2, 0) is 6.54 Å². The predicted octanol–water partition coefficient (Wildman–Crippen LogP) is -0.531. The van der Waals surface area contributed by atoms with Gasteiger partial charge in [-0.05, 0) is 13.8 Å². The maximum atomic E-state index is 8.85. The van der Waals surface area contributed by atoms with Gasteiger partial charge in [0, 0.05) is 17.8 Å². The minimum Gasteiger partial charge on any atom is -0.395 e. The van der Waals surface area contributed by atoms with Crippen molar-refractivity contribution in [3.8, 4) is 0 Å². The van der Waals surface area contributed by atoms with Crippen molar-refractivity contribution in [2.75, 3.05) is 13.2 Å². The summed E-state index contributed by atoms with van der Waals surface area (Å²) >= 11 is 0. The van der Waals surface area contributed by atoms with Crippen LogP contribution in [0, 0.1) is 13.8 Å². The van der Waals surface area contributed by atoms with E-state index in [0.29, 0.717) is 6.54 Å². The molecule has 1 aromatic heterocycles. The molecule has 1 rings (SSSR count).